The van der Waals surface area contributed by atoms with Gasteiger partial charge in [0.15, 0.2) is 0 Å². The molecule has 3 aromatic rings. The van der Waals surface area contributed by atoms with Crippen molar-refractivity contribution in [3.8, 4) is 10.6 Å². The number of nitrogens with one attached hydrogen (secondary N) is 1. The minimum Gasteiger partial charge on any atom is -0.385 e. The number of nitrogens with zero attached hydrogens (tertiary/aromatic N) is 1. The molecule has 0 saturated heterocycles. The molecule has 0 unspecified atom stereocenters. The number of rotatable bonds is 1. The van der Waals surface area contributed by atoms with Crippen LogP contribution in [0.1, 0.15) is 12.0 Å². The average Bonchev–Trinajstić information content (AvgIpc) is 2.89. The van der Waals surface area contributed by atoms with Crippen molar-refractivity contribution >= 4 is 43.2 Å². The van der Waals surface area contributed by atoms with Crippen LogP contribution in [-0.4, -0.2) is 11.5 Å². The summed E-state index contributed by atoms with van der Waals surface area (Å²) in [6.07, 6.45) is 2.33. The third-order valence-electron chi connectivity index (χ3n) is 3.68. The second kappa shape index (κ2) is 4.86. The quantitative estimate of drug-likeness (QED) is 0.665. The van der Waals surface area contributed by atoms with Crippen LogP contribution in [0.5, 0.6) is 0 Å². The van der Waals surface area contributed by atoms with Gasteiger partial charge in [0.1, 0.15) is 5.01 Å². The first-order valence-corrected chi connectivity index (χ1v) is 8.34. The Kier molecular flexibility index (Phi) is 3.00. The van der Waals surface area contributed by atoms with Crippen LogP contribution < -0.4 is 5.32 Å². The van der Waals surface area contributed by atoms with E-state index in [4.69, 9.17) is 4.98 Å². The topological polar surface area (TPSA) is 24.9 Å². The largest absolute Gasteiger partial charge is 0.385 e. The molecule has 0 aliphatic carbocycles. The molecular formula is C16H13BrN2S. The van der Waals surface area contributed by atoms with E-state index in [0.717, 1.165) is 28.0 Å². The molecule has 1 aliphatic rings. The van der Waals surface area contributed by atoms with Gasteiger partial charge in [0.25, 0.3) is 0 Å². The average molecular weight is 345 g/mol. The molecule has 0 saturated carbocycles. The molecule has 1 N–H and O–H groups in total. The standard InChI is InChI=1S/C16H13BrN2S/c17-10-6-7-15-14(9-10)19-16(20-15)12-3-1-5-13-11(12)4-2-8-18-13/h1,3,5-7,9,18H,2,4,8H2. The van der Waals surface area contributed by atoms with Crippen molar-refractivity contribution in [1.82, 2.24) is 4.98 Å². The molecule has 0 spiro atoms. The lowest BCUT2D eigenvalue weighted by molar-refractivity contribution is 0.832. The highest BCUT2D eigenvalue weighted by Gasteiger charge is 2.16. The van der Waals surface area contributed by atoms with Gasteiger partial charge in [0, 0.05) is 22.3 Å². The van der Waals surface area contributed by atoms with E-state index in [-0.39, 0.29) is 0 Å². The van der Waals surface area contributed by atoms with Crippen molar-refractivity contribution < 1.29 is 0 Å². The summed E-state index contributed by atoms with van der Waals surface area (Å²) in [6, 6.07) is 12.8. The Morgan fingerprint density at radius 2 is 2.15 bits per heavy atom. The normalized spacial score (nSPS) is 14.1. The highest BCUT2D eigenvalue weighted by atomic mass is 79.9. The molecule has 4 rings (SSSR count). The first-order valence-electron chi connectivity index (χ1n) is 6.73. The van der Waals surface area contributed by atoms with Gasteiger partial charge in [0.2, 0.25) is 0 Å². The second-order valence-electron chi connectivity index (χ2n) is 4.99. The first-order chi connectivity index (χ1) is 9.81. The lowest BCUT2D eigenvalue weighted by Gasteiger charge is -2.20. The van der Waals surface area contributed by atoms with Gasteiger partial charge in [-0.2, -0.15) is 0 Å². The summed E-state index contributed by atoms with van der Waals surface area (Å²) in [7, 11) is 0. The van der Waals surface area contributed by atoms with Crippen molar-refractivity contribution in [2.24, 2.45) is 0 Å². The minimum atomic E-state index is 1.07. The van der Waals surface area contributed by atoms with Gasteiger partial charge >= 0.3 is 0 Å². The Labute approximate surface area is 130 Å². The fraction of sp³-hybridized carbons (Fsp3) is 0.188. The summed E-state index contributed by atoms with van der Waals surface area (Å²) in [5.41, 5.74) is 5.04. The molecule has 20 heavy (non-hydrogen) atoms. The smallest absolute Gasteiger partial charge is 0.124 e. The molecule has 0 radical (unpaired) electrons. The van der Waals surface area contributed by atoms with Crippen molar-refractivity contribution in [1.29, 1.82) is 0 Å². The monoisotopic (exact) mass is 344 g/mol. The molecule has 0 bridgehead atoms. The highest BCUT2D eigenvalue weighted by molar-refractivity contribution is 9.10. The zero-order valence-electron chi connectivity index (χ0n) is 10.8. The first kappa shape index (κ1) is 12.4. The maximum Gasteiger partial charge on any atom is 0.124 e. The summed E-state index contributed by atoms with van der Waals surface area (Å²) in [6.45, 7) is 1.07. The Balaban J connectivity index is 1.90. The van der Waals surface area contributed by atoms with E-state index in [1.165, 1.54) is 27.9 Å². The van der Waals surface area contributed by atoms with Crippen LogP contribution in [0.4, 0.5) is 5.69 Å². The SMILES string of the molecule is Brc1ccc2sc(-c3cccc4c3CCCN4)nc2c1. The lowest BCUT2D eigenvalue weighted by atomic mass is 9.98. The molecule has 1 aliphatic heterocycles. The predicted molar refractivity (Wildman–Crippen MR) is 89.6 cm³/mol. The van der Waals surface area contributed by atoms with E-state index in [9.17, 15) is 0 Å². The third kappa shape index (κ3) is 2.03. The van der Waals surface area contributed by atoms with E-state index >= 15 is 0 Å². The van der Waals surface area contributed by atoms with Gasteiger partial charge in [-0.1, -0.05) is 28.1 Å². The van der Waals surface area contributed by atoms with Crippen LogP contribution >= 0.6 is 27.3 Å². The van der Waals surface area contributed by atoms with Gasteiger partial charge < -0.3 is 5.32 Å². The van der Waals surface area contributed by atoms with Crippen molar-refractivity contribution in [3.05, 3.63) is 46.4 Å². The van der Waals surface area contributed by atoms with Crippen LogP contribution in [0.3, 0.4) is 0 Å². The van der Waals surface area contributed by atoms with Gasteiger partial charge in [0.05, 0.1) is 10.2 Å². The number of aromatic nitrogens is 1. The number of hydrogen-bond acceptors (Lipinski definition) is 3. The molecule has 2 nitrogen and oxygen atoms in total. The second-order valence-corrected chi connectivity index (χ2v) is 6.94. The predicted octanol–water partition coefficient (Wildman–Crippen LogP) is 5.08. The number of anilines is 1. The Bertz CT molecular complexity index is 794. The minimum absolute atomic E-state index is 1.07. The van der Waals surface area contributed by atoms with E-state index < -0.39 is 0 Å². The third-order valence-corrected chi connectivity index (χ3v) is 5.24. The number of thiazole rings is 1. The molecule has 0 amide bonds. The zero-order valence-corrected chi connectivity index (χ0v) is 13.2. The van der Waals surface area contributed by atoms with Crippen LogP contribution in [-0.2, 0) is 6.42 Å². The maximum atomic E-state index is 4.81. The Hall–Kier alpha value is -1.39. The maximum absolute atomic E-state index is 4.81. The van der Waals surface area contributed by atoms with Crippen molar-refractivity contribution in [2.45, 2.75) is 12.8 Å². The zero-order chi connectivity index (χ0) is 13.5. The highest BCUT2D eigenvalue weighted by Crippen LogP contribution is 2.37. The number of halogens is 1. The molecular weight excluding hydrogens is 332 g/mol. The van der Waals surface area contributed by atoms with Crippen LogP contribution in [0, 0.1) is 0 Å². The fourth-order valence-electron chi connectivity index (χ4n) is 2.73. The molecule has 1 aromatic heterocycles. The number of benzene rings is 2. The van der Waals surface area contributed by atoms with Crippen LogP contribution in [0.2, 0.25) is 0 Å². The summed E-state index contributed by atoms with van der Waals surface area (Å²) < 4.78 is 2.32. The lowest BCUT2D eigenvalue weighted by Crippen LogP contribution is -2.12. The van der Waals surface area contributed by atoms with Gasteiger partial charge in [-0.15, -0.1) is 11.3 Å². The van der Waals surface area contributed by atoms with Crippen LogP contribution in [0.25, 0.3) is 20.8 Å². The van der Waals surface area contributed by atoms with E-state index in [1.54, 1.807) is 11.3 Å². The molecule has 2 heterocycles. The molecule has 0 atom stereocenters. The van der Waals surface area contributed by atoms with Gasteiger partial charge in [-0.05, 0) is 42.7 Å². The Morgan fingerprint density at radius 3 is 3.10 bits per heavy atom. The number of hydrogen-bond donors (Lipinski definition) is 1. The van der Waals surface area contributed by atoms with E-state index in [2.05, 4.69) is 57.6 Å². The summed E-state index contributed by atoms with van der Waals surface area (Å²) in [5.74, 6) is 0. The van der Waals surface area contributed by atoms with Gasteiger partial charge in [-0.25, -0.2) is 4.98 Å². The molecule has 0 fully saturated rings. The Morgan fingerprint density at radius 1 is 1.20 bits per heavy atom. The van der Waals surface area contributed by atoms with Gasteiger partial charge in [-0.3, -0.25) is 0 Å². The van der Waals surface area contributed by atoms with Crippen molar-refractivity contribution in [3.63, 3.8) is 0 Å². The molecule has 4 heteroatoms. The van der Waals surface area contributed by atoms with E-state index in [0.29, 0.717) is 0 Å². The summed E-state index contributed by atoms with van der Waals surface area (Å²) in [5, 5.41) is 4.61. The fourth-order valence-corrected chi connectivity index (χ4v) is 4.07. The number of fused-ring (bicyclic) bond motifs is 2. The molecule has 2 aromatic carbocycles. The summed E-state index contributed by atoms with van der Waals surface area (Å²) in [4.78, 5) is 4.81. The van der Waals surface area contributed by atoms with Crippen molar-refractivity contribution in [2.75, 3.05) is 11.9 Å². The summed E-state index contributed by atoms with van der Waals surface area (Å²) >= 11 is 5.28. The van der Waals surface area contributed by atoms with Crippen LogP contribution in [0.15, 0.2) is 40.9 Å². The molecule has 100 valence electrons. The van der Waals surface area contributed by atoms with E-state index in [1.807, 2.05) is 0 Å².